The van der Waals surface area contributed by atoms with Crippen molar-refractivity contribution in [2.75, 3.05) is 20.3 Å². The highest BCUT2D eigenvalue weighted by Gasteiger charge is 2.05. The van der Waals surface area contributed by atoms with E-state index in [1.807, 2.05) is 30.3 Å². The first-order valence-corrected chi connectivity index (χ1v) is 6.41. The van der Waals surface area contributed by atoms with Crippen LogP contribution >= 0.6 is 0 Å². The van der Waals surface area contributed by atoms with Gasteiger partial charge in [0, 0.05) is 6.07 Å². The maximum atomic E-state index is 9.34. The van der Waals surface area contributed by atoms with Gasteiger partial charge in [-0.05, 0) is 17.7 Å². The summed E-state index contributed by atoms with van der Waals surface area (Å²) in [4.78, 5) is 0. The van der Waals surface area contributed by atoms with Crippen LogP contribution in [0.15, 0.2) is 48.5 Å². The number of methoxy groups -OCH3 is 1. The van der Waals surface area contributed by atoms with Gasteiger partial charge in [-0.1, -0.05) is 30.3 Å². The summed E-state index contributed by atoms with van der Waals surface area (Å²) in [7, 11) is 1.54. The number of aromatic hydroxyl groups is 1. The zero-order chi connectivity index (χ0) is 14.2. The Kier molecular flexibility index (Phi) is 5.26. The fraction of sp³-hybridized carbons (Fsp3) is 0.250. The highest BCUT2D eigenvalue weighted by molar-refractivity contribution is 5.44. The largest absolute Gasteiger partial charge is 0.508 e. The van der Waals surface area contributed by atoms with Crippen molar-refractivity contribution in [1.29, 1.82) is 0 Å². The Balaban J connectivity index is 1.73. The first kappa shape index (κ1) is 14.2. The predicted octanol–water partition coefficient (Wildman–Crippen LogP) is 3.00. The summed E-state index contributed by atoms with van der Waals surface area (Å²) in [6.07, 6.45) is 0. The number of phenols is 1. The quantitative estimate of drug-likeness (QED) is 0.788. The maximum Gasteiger partial charge on any atom is 0.164 e. The van der Waals surface area contributed by atoms with Crippen molar-refractivity contribution in [3.63, 3.8) is 0 Å². The molecule has 0 spiro atoms. The van der Waals surface area contributed by atoms with Gasteiger partial charge in [-0.3, -0.25) is 0 Å². The molecule has 2 aromatic carbocycles. The van der Waals surface area contributed by atoms with Crippen molar-refractivity contribution < 1.29 is 19.3 Å². The molecule has 106 valence electrons. The summed E-state index contributed by atoms with van der Waals surface area (Å²) >= 11 is 0. The van der Waals surface area contributed by atoms with Crippen LogP contribution in [0.4, 0.5) is 0 Å². The third kappa shape index (κ3) is 4.17. The van der Waals surface area contributed by atoms with Crippen molar-refractivity contribution in [3.8, 4) is 17.2 Å². The summed E-state index contributed by atoms with van der Waals surface area (Å²) in [6, 6.07) is 14.7. The smallest absolute Gasteiger partial charge is 0.164 e. The van der Waals surface area contributed by atoms with Gasteiger partial charge in [-0.15, -0.1) is 0 Å². The van der Waals surface area contributed by atoms with Gasteiger partial charge in [-0.2, -0.15) is 0 Å². The first-order valence-electron chi connectivity index (χ1n) is 6.41. The molecule has 2 aromatic rings. The second-order valence-corrected chi connectivity index (χ2v) is 4.22. The summed E-state index contributed by atoms with van der Waals surface area (Å²) in [6.45, 7) is 1.48. The van der Waals surface area contributed by atoms with Crippen LogP contribution in [0.1, 0.15) is 5.56 Å². The number of benzene rings is 2. The van der Waals surface area contributed by atoms with E-state index < -0.39 is 0 Å². The third-order valence-corrected chi connectivity index (χ3v) is 2.74. The van der Waals surface area contributed by atoms with E-state index >= 15 is 0 Å². The molecule has 0 aliphatic rings. The Bertz CT molecular complexity index is 525. The Labute approximate surface area is 118 Å². The topological polar surface area (TPSA) is 47.9 Å². The number of phenolic OH excluding ortho intramolecular Hbond substituents is 1. The van der Waals surface area contributed by atoms with Crippen LogP contribution in [0.2, 0.25) is 0 Å². The minimum absolute atomic E-state index is 0.148. The van der Waals surface area contributed by atoms with E-state index in [1.54, 1.807) is 12.1 Å². The van der Waals surface area contributed by atoms with Crippen molar-refractivity contribution in [1.82, 2.24) is 0 Å². The van der Waals surface area contributed by atoms with Gasteiger partial charge in [0.25, 0.3) is 0 Å². The monoisotopic (exact) mass is 274 g/mol. The lowest BCUT2D eigenvalue weighted by atomic mass is 10.2. The van der Waals surface area contributed by atoms with Gasteiger partial charge < -0.3 is 19.3 Å². The second-order valence-electron chi connectivity index (χ2n) is 4.22. The SMILES string of the molecule is COc1cc(O)ccc1OCCOCc1ccccc1. The van der Waals surface area contributed by atoms with E-state index in [4.69, 9.17) is 14.2 Å². The highest BCUT2D eigenvalue weighted by atomic mass is 16.5. The number of hydrogen-bond donors (Lipinski definition) is 1. The molecule has 0 aromatic heterocycles. The van der Waals surface area contributed by atoms with E-state index in [1.165, 1.54) is 13.2 Å². The van der Waals surface area contributed by atoms with E-state index in [9.17, 15) is 5.11 Å². The van der Waals surface area contributed by atoms with Crippen LogP contribution in [0.3, 0.4) is 0 Å². The van der Waals surface area contributed by atoms with Gasteiger partial charge in [0.15, 0.2) is 11.5 Å². The Morgan fingerprint density at radius 1 is 0.950 bits per heavy atom. The summed E-state index contributed by atoms with van der Waals surface area (Å²) in [5.41, 5.74) is 1.13. The molecule has 20 heavy (non-hydrogen) atoms. The fourth-order valence-corrected chi connectivity index (χ4v) is 1.75. The third-order valence-electron chi connectivity index (χ3n) is 2.74. The number of hydrogen-bond acceptors (Lipinski definition) is 4. The Morgan fingerprint density at radius 2 is 1.75 bits per heavy atom. The number of rotatable bonds is 7. The summed E-state index contributed by atoms with van der Waals surface area (Å²) in [5, 5.41) is 9.34. The lowest BCUT2D eigenvalue weighted by molar-refractivity contribution is 0.0879. The van der Waals surface area contributed by atoms with Crippen molar-refractivity contribution in [2.24, 2.45) is 0 Å². The van der Waals surface area contributed by atoms with E-state index in [0.717, 1.165) is 5.56 Å². The van der Waals surface area contributed by atoms with Gasteiger partial charge in [-0.25, -0.2) is 0 Å². The molecular weight excluding hydrogens is 256 g/mol. The maximum absolute atomic E-state index is 9.34. The fourth-order valence-electron chi connectivity index (χ4n) is 1.75. The Hall–Kier alpha value is -2.20. The van der Waals surface area contributed by atoms with Gasteiger partial charge in [0.05, 0.1) is 20.3 Å². The molecule has 0 unspecified atom stereocenters. The molecule has 0 aliphatic carbocycles. The second kappa shape index (κ2) is 7.40. The molecule has 0 fully saturated rings. The van der Waals surface area contributed by atoms with E-state index in [0.29, 0.717) is 31.3 Å². The van der Waals surface area contributed by atoms with Gasteiger partial charge in [0.1, 0.15) is 12.4 Å². The predicted molar refractivity (Wildman–Crippen MR) is 76.3 cm³/mol. The lowest BCUT2D eigenvalue weighted by Crippen LogP contribution is -2.07. The molecule has 0 atom stereocenters. The molecular formula is C16H18O4. The van der Waals surface area contributed by atoms with Crippen LogP contribution in [-0.4, -0.2) is 25.4 Å². The molecule has 0 aliphatic heterocycles. The molecule has 2 rings (SSSR count). The molecule has 0 radical (unpaired) electrons. The minimum atomic E-state index is 0.148. The average molecular weight is 274 g/mol. The van der Waals surface area contributed by atoms with Crippen molar-refractivity contribution >= 4 is 0 Å². The average Bonchev–Trinajstić information content (AvgIpc) is 2.49. The minimum Gasteiger partial charge on any atom is -0.508 e. The normalized spacial score (nSPS) is 10.2. The van der Waals surface area contributed by atoms with Crippen LogP contribution in [0, 0.1) is 0 Å². The molecule has 0 saturated heterocycles. The van der Waals surface area contributed by atoms with Gasteiger partial charge in [0.2, 0.25) is 0 Å². The summed E-state index contributed by atoms with van der Waals surface area (Å²) < 4.78 is 16.2. The van der Waals surface area contributed by atoms with Crippen molar-refractivity contribution in [3.05, 3.63) is 54.1 Å². The van der Waals surface area contributed by atoms with Crippen LogP contribution < -0.4 is 9.47 Å². The zero-order valence-corrected chi connectivity index (χ0v) is 11.4. The lowest BCUT2D eigenvalue weighted by Gasteiger charge is -2.11. The zero-order valence-electron chi connectivity index (χ0n) is 11.4. The van der Waals surface area contributed by atoms with Crippen LogP contribution in [-0.2, 0) is 11.3 Å². The summed E-state index contributed by atoms with van der Waals surface area (Å²) in [5.74, 6) is 1.25. The molecule has 1 N–H and O–H groups in total. The molecule has 0 bridgehead atoms. The van der Waals surface area contributed by atoms with E-state index in [-0.39, 0.29) is 5.75 Å². The Morgan fingerprint density at radius 3 is 2.50 bits per heavy atom. The standard InChI is InChI=1S/C16H18O4/c1-18-16-11-14(17)7-8-15(16)20-10-9-19-12-13-5-3-2-4-6-13/h2-8,11,17H,9-10,12H2,1H3. The van der Waals surface area contributed by atoms with Crippen molar-refractivity contribution in [2.45, 2.75) is 6.61 Å². The highest BCUT2D eigenvalue weighted by Crippen LogP contribution is 2.30. The molecule has 0 heterocycles. The van der Waals surface area contributed by atoms with Crippen LogP contribution in [0.25, 0.3) is 0 Å². The van der Waals surface area contributed by atoms with Crippen LogP contribution in [0.5, 0.6) is 17.2 Å². The molecule has 0 saturated carbocycles. The number of ether oxygens (including phenoxy) is 3. The molecule has 4 heteroatoms. The molecule has 4 nitrogen and oxygen atoms in total. The molecule has 0 amide bonds. The first-order chi connectivity index (χ1) is 9.79. The van der Waals surface area contributed by atoms with E-state index in [2.05, 4.69) is 0 Å². The van der Waals surface area contributed by atoms with Gasteiger partial charge >= 0.3 is 0 Å².